The Kier molecular flexibility index (Phi) is 3.34. The molecule has 0 aliphatic rings. The molecule has 0 aromatic carbocycles. The van der Waals surface area contributed by atoms with Crippen LogP contribution in [0.5, 0.6) is 0 Å². The van der Waals surface area contributed by atoms with Gasteiger partial charge in [0.05, 0.1) is 5.69 Å². The molecule has 0 aliphatic heterocycles. The normalized spacial score (nSPS) is 10.8. The van der Waals surface area contributed by atoms with Gasteiger partial charge in [-0.05, 0) is 45.6 Å². The summed E-state index contributed by atoms with van der Waals surface area (Å²) in [6.45, 7) is 4.32. The molecule has 0 unspecified atom stereocenters. The first-order chi connectivity index (χ1) is 7.68. The van der Waals surface area contributed by atoms with Crippen molar-refractivity contribution in [1.82, 2.24) is 9.97 Å². The molecule has 0 saturated heterocycles. The van der Waals surface area contributed by atoms with Gasteiger partial charge in [-0.3, -0.25) is 9.97 Å². The minimum atomic E-state index is 0.496. The highest BCUT2D eigenvalue weighted by atomic mass is 79.9. The lowest BCUT2D eigenvalue weighted by molar-refractivity contribution is 0.857. The van der Waals surface area contributed by atoms with E-state index in [1.54, 1.807) is 12.4 Å². The third kappa shape index (κ3) is 2.30. The quantitative estimate of drug-likeness (QED) is 0.828. The number of hydrogen-bond acceptors (Lipinski definition) is 2. The van der Waals surface area contributed by atoms with Crippen molar-refractivity contribution in [3.8, 4) is 11.3 Å². The van der Waals surface area contributed by atoms with Gasteiger partial charge < -0.3 is 0 Å². The largest absolute Gasteiger partial charge is 0.265 e. The Hall–Kier alpha value is -1.22. The van der Waals surface area contributed by atoms with Crippen molar-refractivity contribution in [3.05, 3.63) is 46.8 Å². The Bertz CT molecular complexity index is 481. The summed E-state index contributed by atoms with van der Waals surface area (Å²) in [7, 11) is 0. The van der Waals surface area contributed by atoms with E-state index in [1.165, 1.54) is 5.56 Å². The molecule has 0 atom stereocenters. The second-order valence-corrected chi connectivity index (χ2v) is 4.84. The summed E-state index contributed by atoms with van der Waals surface area (Å²) in [4.78, 5) is 8.50. The Morgan fingerprint density at radius 2 is 1.88 bits per heavy atom. The first-order valence-corrected chi connectivity index (χ1v) is 6.03. The summed E-state index contributed by atoms with van der Waals surface area (Å²) < 4.78 is 1.03. The van der Waals surface area contributed by atoms with Crippen LogP contribution in [0.15, 0.2) is 41.3 Å². The molecule has 2 nitrogen and oxygen atoms in total. The van der Waals surface area contributed by atoms with Crippen molar-refractivity contribution < 1.29 is 0 Å². The molecule has 2 aromatic rings. The minimum Gasteiger partial charge on any atom is -0.265 e. The molecule has 0 aliphatic carbocycles. The van der Waals surface area contributed by atoms with Crippen LogP contribution in [0, 0.1) is 0 Å². The Morgan fingerprint density at radius 3 is 2.44 bits per heavy atom. The van der Waals surface area contributed by atoms with E-state index >= 15 is 0 Å². The summed E-state index contributed by atoms with van der Waals surface area (Å²) in [6.07, 6.45) is 5.49. The van der Waals surface area contributed by atoms with Crippen LogP contribution in [-0.2, 0) is 0 Å². The number of rotatable bonds is 2. The van der Waals surface area contributed by atoms with Gasteiger partial charge in [-0.15, -0.1) is 0 Å². The number of halogens is 1. The summed E-state index contributed by atoms with van der Waals surface area (Å²) in [6, 6.07) is 6.05. The zero-order valence-corrected chi connectivity index (χ0v) is 10.9. The van der Waals surface area contributed by atoms with Crippen molar-refractivity contribution in [3.63, 3.8) is 0 Å². The fourth-order valence-electron chi connectivity index (χ4n) is 1.49. The molecule has 0 N–H and O–H groups in total. The molecule has 16 heavy (non-hydrogen) atoms. The molecule has 0 fully saturated rings. The molecule has 0 spiro atoms. The van der Waals surface area contributed by atoms with Gasteiger partial charge >= 0.3 is 0 Å². The molecular weight excluding hydrogens is 264 g/mol. The highest BCUT2D eigenvalue weighted by molar-refractivity contribution is 9.10. The van der Waals surface area contributed by atoms with Crippen LogP contribution in [0.1, 0.15) is 25.3 Å². The summed E-state index contributed by atoms with van der Waals surface area (Å²) in [5, 5.41) is 0. The van der Waals surface area contributed by atoms with Crippen molar-refractivity contribution in [1.29, 1.82) is 0 Å². The molecule has 0 radical (unpaired) electrons. The van der Waals surface area contributed by atoms with E-state index < -0.39 is 0 Å². The van der Waals surface area contributed by atoms with E-state index in [0.717, 1.165) is 15.7 Å². The highest BCUT2D eigenvalue weighted by Gasteiger charge is 2.07. The highest BCUT2D eigenvalue weighted by Crippen LogP contribution is 2.28. The van der Waals surface area contributed by atoms with Gasteiger partial charge in [0.25, 0.3) is 0 Å². The molecule has 3 heteroatoms. The third-order valence-corrected chi connectivity index (χ3v) is 3.09. The van der Waals surface area contributed by atoms with Crippen molar-refractivity contribution in [2.24, 2.45) is 0 Å². The average molecular weight is 277 g/mol. The Labute approximate surface area is 104 Å². The molecule has 2 heterocycles. The maximum atomic E-state index is 4.50. The summed E-state index contributed by atoms with van der Waals surface area (Å²) >= 11 is 3.57. The lowest BCUT2D eigenvalue weighted by Gasteiger charge is -2.08. The van der Waals surface area contributed by atoms with Gasteiger partial charge in [0.2, 0.25) is 0 Å². The summed E-state index contributed by atoms with van der Waals surface area (Å²) in [5.74, 6) is 0.496. The minimum absolute atomic E-state index is 0.496. The van der Waals surface area contributed by atoms with Crippen LogP contribution in [-0.4, -0.2) is 9.97 Å². The zero-order chi connectivity index (χ0) is 11.5. The maximum Gasteiger partial charge on any atom is 0.0845 e. The standard InChI is InChI=1S/C13H13BrN2/c1-9(2)11-7-12(14)13(16-8-11)10-3-5-15-6-4-10/h3-9H,1-2H3. The van der Waals surface area contributed by atoms with Crippen molar-refractivity contribution in [2.45, 2.75) is 19.8 Å². The zero-order valence-electron chi connectivity index (χ0n) is 9.31. The Morgan fingerprint density at radius 1 is 1.19 bits per heavy atom. The van der Waals surface area contributed by atoms with Gasteiger partial charge in [0.1, 0.15) is 0 Å². The number of aromatic nitrogens is 2. The first-order valence-electron chi connectivity index (χ1n) is 5.24. The monoisotopic (exact) mass is 276 g/mol. The van der Waals surface area contributed by atoms with E-state index in [1.807, 2.05) is 18.3 Å². The lowest BCUT2D eigenvalue weighted by atomic mass is 10.0. The number of hydrogen-bond donors (Lipinski definition) is 0. The smallest absolute Gasteiger partial charge is 0.0845 e. The van der Waals surface area contributed by atoms with Crippen LogP contribution in [0.3, 0.4) is 0 Å². The van der Waals surface area contributed by atoms with Crippen molar-refractivity contribution in [2.75, 3.05) is 0 Å². The van der Waals surface area contributed by atoms with Crippen LogP contribution >= 0.6 is 15.9 Å². The van der Waals surface area contributed by atoms with Gasteiger partial charge in [-0.1, -0.05) is 13.8 Å². The molecular formula is C13H13BrN2. The lowest BCUT2D eigenvalue weighted by Crippen LogP contribution is -1.92. The van der Waals surface area contributed by atoms with Gasteiger partial charge in [-0.25, -0.2) is 0 Å². The fraction of sp³-hybridized carbons (Fsp3) is 0.231. The fourth-order valence-corrected chi connectivity index (χ4v) is 2.09. The second-order valence-electron chi connectivity index (χ2n) is 3.99. The van der Waals surface area contributed by atoms with Gasteiger partial charge in [0.15, 0.2) is 0 Å². The maximum absolute atomic E-state index is 4.50. The van der Waals surface area contributed by atoms with E-state index in [0.29, 0.717) is 5.92 Å². The average Bonchev–Trinajstić information content (AvgIpc) is 2.30. The predicted molar refractivity (Wildman–Crippen MR) is 69.3 cm³/mol. The van der Waals surface area contributed by atoms with Crippen LogP contribution in [0.2, 0.25) is 0 Å². The molecule has 2 aromatic heterocycles. The molecule has 2 rings (SSSR count). The SMILES string of the molecule is CC(C)c1cnc(-c2ccncc2)c(Br)c1. The van der Waals surface area contributed by atoms with E-state index in [2.05, 4.69) is 45.8 Å². The van der Waals surface area contributed by atoms with Crippen molar-refractivity contribution >= 4 is 15.9 Å². The molecule has 82 valence electrons. The van der Waals surface area contributed by atoms with E-state index in [4.69, 9.17) is 0 Å². The first kappa shape index (κ1) is 11.3. The summed E-state index contributed by atoms with van der Waals surface area (Å²) in [5.41, 5.74) is 3.29. The predicted octanol–water partition coefficient (Wildman–Crippen LogP) is 4.03. The van der Waals surface area contributed by atoms with Crippen LogP contribution < -0.4 is 0 Å². The number of pyridine rings is 2. The van der Waals surface area contributed by atoms with Crippen LogP contribution in [0.4, 0.5) is 0 Å². The van der Waals surface area contributed by atoms with Gasteiger partial charge in [0, 0.05) is 28.6 Å². The van der Waals surface area contributed by atoms with E-state index in [-0.39, 0.29) is 0 Å². The number of nitrogens with zero attached hydrogens (tertiary/aromatic N) is 2. The van der Waals surface area contributed by atoms with Gasteiger partial charge in [-0.2, -0.15) is 0 Å². The van der Waals surface area contributed by atoms with Crippen LogP contribution in [0.25, 0.3) is 11.3 Å². The Balaban J connectivity index is 2.45. The second kappa shape index (κ2) is 4.74. The van der Waals surface area contributed by atoms with E-state index in [9.17, 15) is 0 Å². The topological polar surface area (TPSA) is 25.8 Å². The molecule has 0 amide bonds. The molecule has 0 saturated carbocycles. The molecule has 0 bridgehead atoms. The third-order valence-electron chi connectivity index (χ3n) is 2.48.